The summed E-state index contributed by atoms with van der Waals surface area (Å²) in [7, 11) is -7.77. The number of benzene rings is 2. The summed E-state index contributed by atoms with van der Waals surface area (Å²) in [6, 6.07) is 9.20. The number of aromatic hydroxyl groups is 1. The highest BCUT2D eigenvalue weighted by Crippen LogP contribution is 2.44. The Hall–Kier alpha value is -3.20. The summed E-state index contributed by atoms with van der Waals surface area (Å²) in [6.45, 7) is 3.78. The summed E-state index contributed by atoms with van der Waals surface area (Å²) in [5.74, 6) is -0.504. The van der Waals surface area contributed by atoms with E-state index in [9.17, 15) is 21.9 Å². The van der Waals surface area contributed by atoms with Crippen LogP contribution in [-0.2, 0) is 20.0 Å². The highest BCUT2D eigenvalue weighted by molar-refractivity contribution is 7.92. The van der Waals surface area contributed by atoms with Gasteiger partial charge in [-0.3, -0.25) is 4.72 Å². The third-order valence-electron chi connectivity index (χ3n) is 5.18. The lowest BCUT2D eigenvalue weighted by Gasteiger charge is -2.20. The molecule has 14 heteroatoms. The average molecular weight is 535 g/mol. The Kier molecular flexibility index (Phi) is 6.73. The van der Waals surface area contributed by atoms with Crippen molar-refractivity contribution in [1.29, 1.82) is 0 Å². The quantitative estimate of drug-likeness (QED) is 0.318. The van der Waals surface area contributed by atoms with Gasteiger partial charge in [0.25, 0.3) is 0 Å². The molecule has 35 heavy (non-hydrogen) atoms. The Morgan fingerprint density at radius 1 is 1.06 bits per heavy atom. The van der Waals surface area contributed by atoms with E-state index < -0.39 is 25.8 Å². The van der Waals surface area contributed by atoms with Crippen LogP contribution in [-0.4, -0.2) is 55.0 Å². The van der Waals surface area contributed by atoms with Crippen LogP contribution in [0.1, 0.15) is 13.8 Å². The molecule has 0 spiro atoms. The van der Waals surface area contributed by atoms with Gasteiger partial charge >= 0.3 is 0 Å². The van der Waals surface area contributed by atoms with E-state index in [4.69, 9.17) is 0 Å². The number of hydrogen-bond donors (Lipinski definition) is 2. The monoisotopic (exact) mass is 534 g/mol. The molecule has 0 saturated heterocycles. The third-order valence-corrected chi connectivity index (χ3v) is 8.57. The fraction of sp³-hybridized carbons (Fsp3) is 0.238. The van der Waals surface area contributed by atoms with E-state index in [-0.39, 0.29) is 40.1 Å². The number of azo groups is 1. The zero-order chi connectivity index (χ0) is 25.4. The Balaban J connectivity index is 2.01. The third kappa shape index (κ3) is 4.82. The molecular weight excluding hydrogens is 512 g/mol. The number of fused-ring (bicyclic) bond motifs is 2. The van der Waals surface area contributed by atoms with E-state index >= 15 is 0 Å². The molecule has 2 aromatic carbocycles. The molecule has 4 rings (SSSR count). The first kappa shape index (κ1) is 24.9. The van der Waals surface area contributed by atoms with Gasteiger partial charge in [0.1, 0.15) is 10.6 Å². The van der Waals surface area contributed by atoms with Crippen molar-refractivity contribution >= 4 is 69.8 Å². The highest BCUT2D eigenvalue weighted by Gasteiger charge is 2.28. The number of sulfonamides is 2. The molecule has 4 aromatic rings. The maximum atomic E-state index is 13.3. The molecule has 2 N–H and O–H groups in total. The highest BCUT2D eigenvalue weighted by atomic mass is 32.2. The summed E-state index contributed by atoms with van der Waals surface area (Å²) in [6.07, 6.45) is 2.59. The molecule has 0 amide bonds. The Morgan fingerprint density at radius 3 is 2.46 bits per heavy atom. The molecule has 2 aromatic heterocycles. The predicted molar refractivity (Wildman–Crippen MR) is 136 cm³/mol. The Labute approximate surface area is 206 Å². The van der Waals surface area contributed by atoms with E-state index in [1.165, 1.54) is 28.6 Å². The fourth-order valence-corrected chi connectivity index (χ4v) is 6.43. The second-order valence-corrected chi connectivity index (χ2v) is 11.9. The second-order valence-electron chi connectivity index (χ2n) is 7.50. The van der Waals surface area contributed by atoms with Crippen molar-refractivity contribution in [2.45, 2.75) is 18.7 Å². The minimum atomic E-state index is -4.08. The number of rotatable bonds is 8. The van der Waals surface area contributed by atoms with Gasteiger partial charge in [0.15, 0.2) is 10.6 Å². The molecule has 0 aliphatic heterocycles. The van der Waals surface area contributed by atoms with Gasteiger partial charge in [-0.2, -0.15) is 8.68 Å². The lowest BCUT2D eigenvalue weighted by Crippen LogP contribution is -2.30. The van der Waals surface area contributed by atoms with Crippen molar-refractivity contribution in [3.05, 3.63) is 42.6 Å². The number of phenols is 1. The van der Waals surface area contributed by atoms with Crippen LogP contribution in [0.3, 0.4) is 0 Å². The van der Waals surface area contributed by atoms with E-state index in [2.05, 4.69) is 24.3 Å². The molecule has 0 bridgehead atoms. The van der Waals surface area contributed by atoms with Gasteiger partial charge in [0.2, 0.25) is 20.0 Å². The van der Waals surface area contributed by atoms with Crippen LogP contribution in [0.4, 0.5) is 16.4 Å². The van der Waals surface area contributed by atoms with E-state index in [1.54, 1.807) is 32.2 Å². The second kappa shape index (κ2) is 9.45. The normalized spacial score (nSPS) is 12.8. The van der Waals surface area contributed by atoms with Crippen LogP contribution in [0.25, 0.3) is 21.8 Å². The largest absolute Gasteiger partial charge is 0.506 e. The van der Waals surface area contributed by atoms with Gasteiger partial charge < -0.3 is 5.11 Å². The van der Waals surface area contributed by atoms with Crippen molar-refractivity contribution < 1.29 is 21.9 Å². The van der Waals surface area contributed by atoms with E-state index in [0.29, 0.717) is 16.0 Å². The zero-order valence-corrected chi connectivity index (χ0v) is 21.4. The molecular formula is C21H22N6O5S3. The van der Waals surface area contributed by atoms with Crippen LogP contribution in [0.15, 0.2) is 57.7 Å². The number of nitrogens with one attached hydrogen (secondary N) is 1. The standard InChI is InChI=1S/C21H22N6O5S3/c1-4-27(5-2)35(31,32)17-12-16(23-24-21-14-9-7-11-22-20(14)25-33-21)18-13(19(17)28)8-6-10-15(18)26-34(3,29)30/h6-12,26,28H,4-5H2,1-3H3. The van der Waals surface area contributed by atoms with Gasteiger partial charge in [-0.1, -0.05) is 26.0 Å². The van der Waals surface area contributed by atoms with Crippen LogP contribution >= 0.6 is 11.5 Å². The van der Waals surface area contributed by atoms with Crippen molar-refractivity contribution in [2.75, 3.05) is 24.1 Å². The lowest BCUT2D eigenvalue weighted by atomic mass is 10.1. The molecule has 0 radical (unpaired) electrons. The SMILES string of the molecule is CCN(CC)S(=O)(=O)c1cc(N=Nc2snc3ncccc23)c2c(NS(C)(=O)=O)cccc2c1O. The van der Waals surface area contributed by atoms with Gasteiger partial charge in [-0.25, -0.2) is 21.8 Å². The summed E-state index contributed by atoms with van der Waals surface area (Å²) >= 11 is 1.07. The topological polar surface area (TPSA) is 154 Å². The van der Waals surface area contributed by atoms with E-state index in [0.717, 1.165) is 17.8 Å². The van der Waals surface area contributed by atoms with Gasteiger partial charge in [0.05, 0.1) is 23.0 Å². The Bertz CT molecular complexity index is 1660. The number of nitrogens with zero attached hydrogens (tertiary/aromatic N) is 5. The van der Waals surface area contributed by atoms with Crippen molar-refractivity contribution in [1.82, 2.24) is 13.7 Å². The molecule has 11 nitrogen and oxygen atoms in total. The minimum Gasteiger partial charge on any atom is -0.506 e. The van der Waals surface area contributed by atoms with Crippen LogP contribution < -0.4 is 4.72 Å². The summed E-state index contributed by atoms with van der Waals surface area (Å²) in [5.41, 5.74) is 0.670. The van der Waals surface area contributed by atoms with Crippen molar-refractivity contribution in [2.24, 2.45) is 10.2 Å². The zero-order valence-electron chi connectivity index (χ0n) is 19.0. The number of hydrogen-bond acceptors (Lipinski definition) is 10. The Morgan fingerprint density at radius 2 is 1.77 bits per heavy atom. The predicted octanol–water partition coefficient (Wildman–Crippen LogP) is 4.37. The fourth-order valence-electron chi connectivity index (χ4n) is 3.63. The first-order valence-electron chi connectivity index (χ1n) is 10.5. The average Bonchev–Trinajstić information content (AvgIpc) is 3.21. The first-order valence-corrected chi connectivity index (χ1v) is 14.6. The molecule has 0 aliphatic rings. The summed E-state index contributed by atoms with van der Waals surface area (Å²) in [5, 5.41) is 21.0. The minimum absolute atomic E-state index is 0.0562. The molecule has 184 valence electrons. The lowest BCUT2D eigenvalue weighted by molar-refractivity contribution is 0.431. The molecule has 0 unspecified atom stereocenters. The van der Waals surface area contributed by atoms with E-state index in [1.807, 2.05) is 0 Å². The first-order chi connectivity index (χ1) is 16.6. The smallest absolute Gasteiger partial charge is 0.246 e. The van der Waals surface area contributed by atoms with Gasteiger partial charge in [-0.15, -0.1) is 10.2 Å². The summed E-state index contributed by atoms with van der Waals surface area (Å²) in [4.78, 5) is 3.81. The molecule has 0 fully saturated rings. The maximum Gasteiger partial charge on any atom is 0.246 e. The number of phenolic OH excluding ortho intramolecular Hbond substituents is 1. The van der Waals surface area contributed by atoms with Crippen molar-refractivity contribution in [3.8, 4) is 5.75 Å². The van der Waals surface area contributed by atoms with Crippen molar-refractivity contribution in [3.63, 3.8) is 0 Å². The molecule has 2 heterocycles. The van der Waals surface area contributed by atoms with Gasteiger partial charge in [-0.05, 0) is 35.8 Å². The maximum absolute atomic E-state index is 13.3. The van der Waals surface area contributed by atoms with Crippen LogP contribution in [0, 0.1) is 0 Å². The number of aromatic nitrogens is 2. The molecule has 0 saturated carbocycles. The molecule has 0 aliphatic carbocycles. The number of pyridine rings is 1. The van der Waals surface area contributed by atoms with Crippen LogP contribution in [0.2, 0.25) is 0 Å². The number of anilines is 1. The van der Waals surface area contributed by atoms with Gasteiger partial charge in [0, 0.05) is 30.1 Å². The van der Waals surface area contributed by atoms with Crippen LogP contribution in [0.5, 0.6) is 5.75 Å². The summed E-state index contributed by atoms with van der Waals surface area (Å²) < 4.78 is 58.4. The molecule has 0 atom stereocenters.